The van der Waals surface area contributed by atoms with Gasteiger partial charge < -0.3 is 9.16 Å². The van der Waals surface area contributed by atoms with Crippen molar-refractivity contribution in [2.24, 2.45) is 0 Å². The van der Waals surface area contributed by atoms with Crippen LogP contribution in [0.2, 0.25) is 13.1 Å². The molecular formula is C15H20F3O3Si. The van der Waals surface area contributed by atoms with E-state index in [-0.39, 0.29) is 11.0 Å². The van der Waals surface area contributed by atoms with Gasteiger partial charge in [0, 0.05) is 0 Å². The van der Waals surface area contributed by atoms with Crippen molar-refractivity contribution in [3.63, 3.8) is 0 Å². The number of alkyl halides is 3. The Morgan fingerprint density at radius 3 is 2.23 bits per heavy atom. The molecule has 0 amide bonds. The minimum atomic E-state index is -4.55. The zero-order valence-corrected chi connectivity index (χ0v) is 14.3. The molecule has 0 heterocycles. The van der Waals surface area contributed by atoms with Crippen LogP contribution in [0.5, 0.6) is 5.75 Å². The van der Waals surface area contributed by atoms with Gasteiger partial charge in [-0.1, -0.05) is 32.9 Å². The molecule has 22 heavy (non-hydrogen) atoms. The minimum Gasteiger partial charge on any atom is -0.542 e. The van der Waals surface area contributed by atoms with Gasteiger partial charge in [-0.05, 0) is 30.1 Å². The van der Waals surface area contributed by atoms with Crippen LogP contribution in [0.25, 0.3) is 0 Å². The van der Waals surface area contributed by atoms with Gasteiger partial charge in [-0.15, -0.1) is 0 Å². The van der Waals surface area contributed by atoms with Crippen LogP contribution in [0.1, 0.15) is 36.7 Å². The Morgan fingerprint density at radius 2 is 1.77 bits per heavy atom. The maximum absolute atomic E-state index is 12.2. The van der Waals surface area contributed by atoms with Crippen molar-refractivity contribution in [1.82, 2.24) is 0 Å². The molecule has 7 heteroatoms. The number of rotatable bonds is 4. The maximum Gasteiger partial charge on any atom is 0.422 e. The highest BCUT2D eigenvalue weighted by atomic mass is 28.3. The van der Waals surface area contributed by atoms with E-state index >= 15 is 0 Å². The Morgan fingerprint density at radius 1 is 1.18 bits per heavy atom. The molecule has 0 aliphatic rings. The molecule has 0 aliphatic heterocycles. The first-order chi connectivity index (χ1) is 9.92. The molecule has 0 aliphatic carbocycles. The van der Waals surface area contributed by atoms with E-state index < -0.39 is 27.8 Å². The molecule has 1 rings (SSSR count). The Hall–Kier alpha value is -1.50. The summed E-state index contributed by atoms with van der Waals surface area (Å²) >= 11 is 0. The van der Waals surface area contributed by atoms with Crippen LogP contribution < -0.4 is 4.43 Å². The molecule has 0 fully saturated rings. The topological polar surface area (TPSA) is 35.5 Å². The van der Waals surface area contributed by atoms with Crippen molar-refractivity contribution in [3.05, 3.63) is 29.3 Å². The molecule has 0 atom stereocenters. The normalized spacial score (nSPS) is 12.4. The predicted molar refractivity (Wildman–Crippen MR) is 79.6 cm³/mol. The van der Waals surface area contributed by atoms with Crippen LogP contribution in [0.15, 0.2) is 18.2 Å². The van der Waals surface area contributed by atoms with Gasteiger partial charge in [0.25, 0.3) is 9.04 Å². The monoisotopic (exact) mass is 333 g/mol. The standard InChI is InChI=1S/C15H20F3O3Si/c1-14(2,3)11-8-6-7-10(12(11)21-22(4)5)13(19)20-9-15(16,17)18/h6-8H,9H2,1-5H3. The van der Waals surface area contributed by atoms with Gasteiger partial charge in [0.15, 0.2) is 6.61 Å². The van der Waals surface area contributed by atoms with Crippen LogP contribution in [0.3, 0.4) is 0 Å². The molecule has 0 saturated carbocycles. The lowest BCUT2D eigenvalue weighted by Gasteiger charge is -2.25. The fraction of sp³-hybridized carbons (Fsp3) is 0.533. The van der Waals surface area contributed by atoms with Gasteiger partial charge in [0.2, 0.25) is 0 Å². The van der Waals surface area contributed by atoms with E-state index in [2.05, 4.69) is 4.74 Å². The van der Waals surface area contributed by atoms with Gasteiger partial charge >= 0.3 is 12.1 Å². The van der Waals surface area contributed by atoms with Crippen molar-refractivity contribution < 1.29 is 27.1 Å². The van der Waals surface area contributed by atoms with Gasteiger partial charge in [-0.25, -0.2) is 4.79 Å². The number of carbonyl (C=O) groups is 1. The third-order valence-electron chi connectivity index (χ3n) is 2.72. The SMILES string of the molecule is C[Si](C)Oc1c(C(=O)OCC(F)(F)F)cccc1C(C)(C)C. The number of esters is 1. The minimum absolute atomic E-state index is 0.0304. The van der Waals surface area contributed by atoms with Gasteiger partial charge in [0.05, 0.1) is 0 Å². The molecule has 0 spiro atoms. The molecule has 1 aromatic carbocycles. The number of halogens is 3. The average molecular weight is 333 g/mol. The maximum atomic E-state index is 12.2. The summed E-state index contributed by atoms with van der Waals surface area (Å²) in [6, 6.07) is 4.85. The number of carbonyl (C=O) groups excluding carboxylic acids is 1. The lowest BCUT2D eigenvalue weighted by Crippen LogP contribution is -2.23. The van der Waals surface area contributed by atoms with Gasteiger partial charge in [0.1, 0.15) is 11.3 Å². The highest BCUT2D eigenvalue weighted by molar-refractivity contribution is 6.49. The van der Waals surface area contributed by atoms with Crippen LogP contribution in [-0.4, -0.2) is 27.8 Å². The van der Waals surface area contributed by atoms with Gasteiger partial charge in [-0.2, -0.15) is 13.2 Å². The van der Waals surface area contributed by atoms with Crippen LogP contribution in [-0.2, 0) is 10.2 Å². The first kappa shape index (κ1) is 18.5. The number of para-hydroxylation sites is 1. The summed E-state index contributed by atoms with van der Waals surface area (Å²) in [6.07, 6.45) is -4.55. The summed E-state index contributed by atoms with van der Waals surface area (Å²) in [4.78, 5) is 12.0. The fourth-order valence-corrected chi connectivity index (χ4v) is 2.46. The largest absolute Gasteiger partial charge is 0.542 e. The lowest BCUT2D eigenvalue weighted by molar-refractivity contribution is -0.161. The molecule has 0 bridgehead atoms. The van der Waals surface area contributed by atoms with Crippen LogP contribution >= 0.6 is 0 Å². The summed E-state index contributed by atoms with van der Waals surface area (Å²) in [5, 5.41) is 0. The molecule has 1 aromatic rings. The Labute approximate surface area is 130 Å². The average Bonchev–Trinajstić information content (AvgIpc) is 2.33. The van der Waals surface area contributed by atoms with Crippen LogP contribution in [0.4, 0.5) is 13.2 Å². The predicted octanol–water partition coefficient (Wildman–Crippen LogP) is 4.33. The summed E-state index contributed by atoms with van der Waals surface area (Å²) in [5.41, 5.74) is 0.482. The van der Waals surface area contributed by atoms with Crippen molar-refractivity contribution in [1.29, 1.82) is 0 Å². The van der Waals surface area contributed by atoms with E-state index in [0.29, 0.717) is 5.75 Å². The zero-order chi connectivity index (χ0) is 17.1. The molecular weight excluding hydrogens is 313 g/mol. The fourth-order valence-electron chi connectivity index (χ4n) is 1.83. The Bertz CT molecular complexity index is 534. The molecule has 3 nitrogen and oxygen atoms in total. The van der Waals surface area contributed by atoms with E-state index in [1.54, 1.807) is 12.1 Å². The third kappa shape index (κ3) is 5.36. The number of benzene rings is 1. The summed E-state index contributed by atoms with van der Waals surface area (Å²) in [6.45, 7) is 7.98. The molecule has 0 aromatic heterocycles. The highest BCUT2D eigenvalue weighted by Gasteiger charge is 2.31. The molecule has 0 saturated heterocycles. The van der Waals surface area contributed by atoms with E-state index in [1.807, 2.05) is 33.9 Å². The Kier molecular flexibility index (Phi) is 5.67. The first-order valence-electron chi connectivity index (χ1n) is 6.77. The second-order valence-electron chi connectivity index (χ2n) is 6.13. The smallest absolute Gasteiger partial charge is 0.422 e. The quantitative estimate of drug-likeness (QED) is 0.607. The number of hydrogen-bond acceptors (Lipinski definition) is 3. The highest BCUT2D eigenvalue weighted by Crippen LogP contribution is 2.35. The Balaban J connectivity index is 3.20. The third-order valence-corrected chi connectivity index (χ3v) is 3.33. The molecule has 123 valence electrons. The second-order valence-corrected chi connectivity index (χ2v) is 8.15. The molecule has 1 radical (unpaired) electrons. The van der Waals surface area contributed by atoms with Crippen molar-refractivity contribution >= 4 is 15.0 Å². The lowest BCUT2D eigenvalue weighted by atomic mass is 9.85. The van der Waals surface area contributed by atoms with E-state index in [9.17, 15) is 18.0 Å². The first-order valence-corrected chi connectivity index (χ1v) is 9.18. The number of ether oxygens (including phenoxy) is 1. The summed E-state index contributed by atoms with van der Waals surface area (Å²) in [5.74, 6) is -0.706. The van der Waals surface area contributed by atoms with E-state index in [4.69, 9.17) is 4.43 Å². The van der Waals surface area contributed by atoms with Gasteiger partial charge in [-0.3, -0.25) is 0 Å². The van der Waals surface area contributed by atoms with Crippen molar-refractivity contribution in [2.45, 2.75) is 45.5 Å². The van der Waals surface area contributed by atoms with E-state index in [0.717, 1.165) is 5.56 Å². The molecule has 0 N–H and O–H groups in total. The number of hydrogen-bond donors (Lipinski definition) is 0. The molecule has 0 unspecified atom stereocenters. The second kappa shape index (κ2) is 6.72. The van der Waals surface area contributed by atoms with E-state index in [1.165, 1.54) is 6.07 Å². The summed E-state index contributed by atoms with van der Waals surface area (Å²) in [7, 11) is -1.20. The summed E-state index contributed by atoms with van der Waals surface area (Å²) < 4.78 is 46.7. The zero-order valence-electron chi connectivity index (χ0n) is 13.3. The van der Waals surface area contributed by atoms with Crippen LogP contribution in [0, 0.1) is 0 Å². The van der Waals surface area contributed by atoms with Crippen molar-refractivity contribution in [2.75, 3.05) is 6.61 Å². The van der Waals surface area contributed by atoms with Crippen molar-refractivity contribution in [3.8, 4) is 5.75 Å².